The number of carbonyl (C=O) groups excluding carboxylic acids is 2. The molecule has 0 radical (unpaired) electrons. The van der Waals surface area contributed by atoms with Gasteiger partial charge in [0.1, 0.15) is 11.6 Å². The second kappa shape index (κ2) is 8.08. The summed E-state index contributed by atoms with van der Waals surface area (Å²) in [7, 11) is 1.60. The second-order valence-corrected chi connectivity index (χ2v) is 5.09. The molecule has 1 N–H and O–H groups in total. The van der Waals surface area contributed by atoms with Crippen LogP contribution >= 0.6 is 0 Å². The normalized spacial score (nSPS) is 10.2. The van der Waals surface area contributed by atoms with Gasteiger partial charge in [-0.2, -0.15) is 0 Å². The van der Waals surface area contributed by atoms with Gasteiger partial charge in [-0.1, -0.05) is 12.1 Å². The number of anilines is 1. The summed E-state index contributed by atoms with van der Waals surface area (Å²) in [6.07, 6.45) is 1.46. The lowest BCUT2D eigenvalue weighted by Crippen LogP contribution is -2.22. The van der Waals surface area contributed by atoms with Gasteiger partial charge in [-0.05, 0) is 54.8 Å². The molecule has 0 aliphatic rings. The Kier molecular flexibility index (Phi) is 5.86. The van der Waals surface area contributed by atoms with E-state index in [9.17, 15) is 14.0 Å². The lowest BCUT2D eigenvalue weighted by molar-refractivity contribution is -0.134. The van der Waals surface area contributed by atoms with Crippen molar-refractivity contribution in [2.24, 2.45) is 0 Å². The number of nitrogens with one attached hydrogen (secondary N) is 1. The molecule has 0 saturated carbocycles. The first-order valence-corrected chi connectivity index (χ1v) is 7.31. The van der Waals surface area contributed by atoms with E-state index in [0.29, 0.717) is 18.5 Å². The van der Waals surface area contributed by atoms with E-state index >= 15 is 0 Å². The van der Waals surface area contributed by atoms with Gasteiger partial charge in [0, 0.05) is 12.1 Å². The van der Waals surface area contributed by atoms with Gasteiger partial charge in [-0.25, -0.2) is 4.39 Å². The number of carbonyl (C=O) groups is 2. The topological polar surface area (TPSA) is 55.4 Å². The number of amides is 1. The lowest BCUT2D eigenvalue weighted by Gasteiger charge is -2.05. The summed E-state index contributed by atoms with van der Waals surface area (Å²) in [5, 5.41) is 2.46. The van der Waals surface area contributed by atoms with Crippen LogP contribution in [-0.2, 0) is 16.0 Å². The number of benzene rings is 2. The van der Waals surface area contributed by atoms with E-state index in [-0.39, 0.29) is 6.42 Å². The SMILES string of the molecule is COc1ccc(CCCC(=O)C(=O)Nc2ccc(F)cc2)cc1. The van der Waals surface area contributed by atoms with Gasteiger partial charge in [-0.3, -0.25) is 9.59 Å². The highest BCUT2D eigenvalue weighted by molar-refractivity contribution is 6.40. The fraction of sp³-hybridized carbons (Fsp3) is 0.222. The van der Waals surface area contributed by atoms with Crippen molar-refractivity contribution in [3.63, 3.8) is 0 Å². The van der Waals surface area contributed by atoms with Crippen molar-refractivity contribution in [2.75, 3.05) is 12.4 Å². The van der Waals surface area contributed by atoms with Crippen LogP contribution in [0.3, 0.4) is 0 Å². The highest BCUT2D eigenvalue weighted by Gasteiger charge is 2.13. The molecule has 2 aromatic rings. The molecule has 0 aliphatic carbocycles. The Hall–Kier alpha value is -2.69. The van der Waals surface area contributed by atoms with E-state index in [1.807, 2.05) is 24.3 Å². The van der Waals surface area contributed by atoms with Gasteiger partial charge in [-0.15, -0.1) is 0 Å². The van der Waals surface area contributed by atoms with Crippen LogP contribution in [0, 0.1) is 5.82 Å². The smallest absolute Gasteiger partial charge is 0.291 e. The van der Waals surface area contributed by atoms with Gasteiger partial charge in [0.05, 0.1) is 7.11 Å². The van der Waals surface area contributed by atoms with Crippen molar-refractivity contribution < 1.29 is 18.7 Å². The van der Waals surface area contributed by atoms with Crippen molar-refractivity contribution >= 4 is 17.4 Å². The van der Waals surface area contributed by atoms with Crippen molar-refractivity contribution in [1.29, 1.82) is 0 Å². The van der Waals surface area contributed by atoms with Gasteiger partial charge in [0.15, 0.2) is 0 Å². The Morgan fingerprint density at radius 1 is 1.04 bits per heavy atom. The summed E-state index contributed by atoms with van der Waals surface area (Å²) >= 11 is 0. The number of ketones is 1. The molecule has 0 spiro atoms. The van der Waals surface area contributed by atoms with E-state index in [2.05, 4.69) is 5.32 Å². The monoisotopic (exact) mass is 315 g/mol. The van der Waals surface area contributed by atoms with Gasteiger partial charge >= 0.3 is 0 Å². The molecule has 1 amide bonds. The quantitative estimate of drug-likeness (QED) is 0.797. The van der Waals surface area contributed by atoms with Crippen molar-refractivity contribution in [3.05, 3.63) is 59.9 Å². The number of hydrogen-bond donors (Lipinski definition) is 1. The van der Waals surface area contributed by atoms with Crippen LogP contribution < -0.4 is 10.1 Å². The Balaban J connectivity index is 1.77. The Morgan fingerprint density at radius 2 is 1.70 bits per heavy atom. The average molecular weight is 315 g/mol. The summed E-state index contributed by atoms with van der Waals surface area (Å²) in [5.41, 5.74) is 1.48. The highest BCUT2D eigenvalue weighted by atomic mass is 19.1. The van der Waals surface area contributed by atoms with Crippen LogP contribution in [0.4, 0.5) is 10.1 Å². The molecular formula is C18H18FNO3. The van der Waals surface area contributed by atoms with E-state index in [1.165, 1.54) is 24.3 Å². The Labute approximate surface area is 134 Å². The van der Waals surface area contributed by atoms with Crippen molar-refractivity contribution in [3.8, 4) is 5.75 Å². The molecule has 2 rings (SSSR count). The van der Waals surface area contributed by atoms with E-state index < -0.39 is 17.5 Å². The molecule has 0 saturated heterocycles. The zero-order chi connectivity index (χ0) is 16.7. The summed E-state index contributed by atoms with van der Waals surface area (Å²) in [6, 6.07) is 12.9. The fourth-order valence-corrected chi connectivity index (χ4v) is 2.09. The molecule has 0 fully saturated rings. The number of halogens is 1. The van der Waals surface area contributed by atoms with Crippen molar-refractivity contribution in [2.45, 2.75) is 19.3 Å². The van der Waals surface area contributed by atoms with Gasteiger partial charge in [0.25, 0.3) is 5.91 Å². The van der Waals surface area contributed by atoms with Crippen LogP contribution in [0.2, 0.25) is 0 Å². The van der Waals surface area contributed by atoms with Crippen molar-refractivity contribution in [1.82, 2.24) is 0 Å². The molecular weight excluding hydrogens is 297 g/mol. The van der Waals surface area contributed by atoms with Crippen LogP contribution in [0.15, 0.2) is 48.5 Å². The number of hydrogen-bond acceptors (Lipinski definition) is 3. The number of aryl methyl sites for hydroxylation is 1. The maximum Gasteiger partial charge on any atom is 0.291 e. The second-order valence-electron chi connectivity index (χ2n) is 5.09. The van der Waals surface area contributed by atoms with Crippen LogP contribution in [-0.4, -0.2) is 18.8 Å². The predicted molar refractivity (Wildman–Crippen MR) is 86.0 cm³/mol. The number of ether oxygens (including phenoxy) is 1. The first-order valence-electron chi connectivity index (χ1n) is 7.31. The third-order valence-electron chi connectivity index (χ3n) is 3.38. The van der Waals surface area contributed by atoms with Gasteiger partial charge in [0.2, 0.25) is 5.78 Å². The van der Waals surface area contributed by atoms with E-state index in [0.717, 1.165) is 11.3 Å². The summed E-state index contributed by atoms with van der Waals surface area (Å²) in [6.45, 7) is 0. The maximum absolute atomic E-state index is 12.8. The Bertz CT molecular complexity index is 666. The third-order valence-corrected chi connectivity index (χ3v) is 3.38. The predicted octanol–water partition coefficient (Wildman–Crippen LogP) is 3.36. The van der Waals surface area contributed by atoms with Gasteiger partial charge < -0.3 is 10.1 Å². The molecule has 0 aromatic heterocycles. The number of Topliss-reactive ketones (excluding diaryl/α,β-unsaturated/α-hetero) is 1. The average Bonchev–Trinajstić information content (AvgIpc) is 2.57. The molecule has 5 heteroatoms. The molecule has 120 valence electrons. The summed E-state index contributed by atoms with van der Waals surface area (Å²) in [5.74, 6) is -0.772. The minimum absolute atomic E-state index is 0.166. The molecule has 0 bridgehead atoms. The minimum atomic E-state index is -0.675. The van der Waals surface area contributed by atoms with Crippen LogP contribution in [0.25, 0.3) is 0 Å². The standard InChI is InChI=1S/C18H18FNO3/c1-23-16-11-5-13(6-12-16)3-2-4-17(21)18(22)20-15-9-7-14(19)8-10-15/h5-12H,2-4H2,1H3,(H,20,22). The number of methoxy groups -OCH3 is 1. The Morgan fingerprint density at radius 3 is 2.30 bits per heavy atom. The largest absolute Gasteiger partial charge is 0.497 e. The molecule has 2 aromatic carbocycles. The minimum Gasteiger partial charge on any atom is -0.497 e. The molecule has 0 unspecified atom stereocenters. The van der Waals surface area contributed by atoms with Crippen LogP contribution in [0.5, 0.6) is 5.75 Å². The summed E-state index contributed by atoms with van der Waals surface area (Å²) < 4.78 is 17.8. The zero-order valence-corrected chi connectivity index (χ0v) is 12.8. The first kappa shape index (κ1) is 16.7. The first-order chi connectivity index (χ1) is 11.1. The molecule has 23 heavy (non-hydrogen) atoms. The third kappa shape index (κ3) is 5.21. The summed E-state index contributed by atoms with van der Waals surface area (Å²) in [4.78, 5) is 23.6. The maximum atomic E-state index is 12.8. The van der Waals surface area contributed by atoms with E-state index in [1.54, 1.807) is 7.11 Å². The molecule has 0 atom stereocenters. The fourth-order valence-electron chi connectivity index (χ4n) is 2.09. The molecule has 4 nitrogen and oxygen atoms in total. The zero-order valence-electron chi connectivity index (χ0n) is 12.8. The molecule has 0 aliphatic heterocycles. The van der Waals surface area contributed by atoms with E-state index in [4.69, 9.17) is 4.74 Å². The number of rotatable bonds is 7. The lowest BCUT2D eigenvalue weighted by atomic mass is 10.1. The van der Waals surface area contributed by atoms with Crippen LogP contribution in [0.1, 0.15) is 18.4 Å². The highest BCUT2D eigenvalue weighted by Crippen LogP contribution is 2.13. The molecule has 0 heterocycles.